The van der Waals surface area contributed by atoms with Gasteiger partial charge in [0.2, 0.25) is 5.91 Å². The molecule has 1 rings (SSSR count). The Morgan fingerprint density at radius 3 is 2.14 bits per heavy atom. The largest absolute Gasteiger partial charge is 0.491 e. The molecule has 7 nitrogen and oxygen atoms in total. The molecule has 0 heterocycles. The maximum Gasteiger partial charge on any atom is 0.305 e. The average Bonchev–Trinajstić information content (AvgIpc) is 2.67. The van der Waals surface area contributed by atoms with Crippen LogP contribution in [0.2, 0.25) is 0 Å². The molecule has 158 valence electrons. The minimum absolute atomic E-state index is 0.107. The molecule has 0 bridgehead atoms. The van der Waals surface area contributed by atoms with Crippen LogP contribution in [-0.4, -0.2) is 51.5 Å². The number of esters is 1. The van der Waals surface area contributed by atoms with Gasteiger partial charge in [-0.05, 0) is 30.7 Å². The van der Waals surface area contributed by atoms with Crippen LogP contribution in [0.4, 0.5) is 5.69 Å². The molecule has 0 unspecified atom stereocenters. The maximum absolute atomic E-state index is 11.5. The molecule has 0 fully saturated rings. The van der Waals surface area contributed by atoms with Crippen molar-refractivity contribution in [2.24, 2.45) is 0 Å². The van der Waals surface area contributed by atoms with Crippen molar-refractivity contribution < 1.29 is 28.5 Å². The van der Waals surface area contributed by atoms with Crippen molar-refractivity contribution in [1.29, 1.82) is 0 Å². The van der Waals surface area contributed by atoms with Crippen molar-refractivity contribution in [3.63, 3.8) is 0 Å². The summed E-state index contributed by atoms with van der Waals surface area (Å²) in [7, 11) is 0. The molecule has 0 radical (unpaired) electrons. The Balaban J connectivity index is 1.90. The lowest BCUT2D eigenvalue weighted by molar-refractivity contribution is -0.145. The Hall–Kier alpha value is -2.12. The fourth-order valence-electron chi connectivity index (χ4n) is 2.36. The van der Waals surface area contributed by atoms with Crippen molar-refractivity contribution in [3.8, 4) is 5.75 Å². The zero-order valence-corrected chi connectivity index (χ0v) is 17.0. The first-order valence-electron chi connectivity index (χ1n) is 9.93. The van der Waals surface area contributed by atoms with E-state index in [1.165, 1.54) is 6.92 Å². The molecule has 1 aromatic rings. The smallest absolute Gasteiger partial charge is 0.305 e. The van der Waals surface area contributed by atoms with E-state index in [-0.39, 0.29) is 18.5 Å². The third kappa shape index (κ3) is 13.1. The molecule has 0 atom stereocenters. The highest BCUT2D eigenvalue weighted by Crippen LogP contribution is 2.15. The van der Waals surface area contributed by atoms with Gasteiger partial charge in [0.25, 0.3) is 0 Å². The van der Waals surface area contributed by atoms with E-state index < -0.39 is 0 Å². The van der Waals surface area contributed by atoms with Gasteiger partial charge in [0, 0.05) is 19.0 Å². The van der Waals surface area contributed by atoms with Crippen LogP contribution in [-0.2, 0) is 23.8 Å². The number of nitrogens with one attached hydrogen (secondary N) is 1. The number of rotatable bonds is 16. The summed E-state index contributed by atoms with van der Waals surface area (Å²) >= 11 is 0. The fourth-order valence-corrected chi connectivity index (χ4v) is 2.36. The predicted octanol–water partition coefficient (Wildman–Crippen LogP) is 3.57. The normalized spacial score (nSPS) is 10.5. The highest BCUT2D eigenvalue weighted by atomic mass is 16.6. The van der Waals surface area contributed by atoms with E-state index in [2.05, 4.69) is 12.2 Å². The van der Waals surface area contributed by atoms with E-state index in [4.69, 9.17) is 18.9 Å². The third-order valence-electron chi connectivity index (χ3n) is 3.77. The Morgan fingerprint density at radius 2 is 1.50 bits per heavy atom. The van der Waals surface area contributed by atoms with Crippen LogP contribution in [0.1, 0.15) is 46.0 Å². The molecule has 0 aliphatic heterocycles. The molecule has 28 heavy (non-hydrogen) atoms. The number of hydrogen-bond acceptors (Lipinski definition) is 6. The van der Waals surface area contributed by atoms with E-state index in [1.54, 1.807) is 24.3 Å². The van der Waals surface area contributed by atoms with Crippen molar-refractivity contribution in [2.45, 2.75) is 46.0 Å². The van der Waals surface area contributed by atoms with Crippen LogP contribution in [0.5, 0.6) is 5.75 Å². The maximum atomic E-state index is 11.5. The van der Waals surface area contributed by atoms with Gasteiger partial charge in [0.1, 0.15) is 19.0 Å². The Bertz CT molecular complexity index is 546. The lowest BCUT2D eigenvalue weighted by Crippen LogP contribution is -2.14. The van der Waals surface area contributed by atoms with Gasteiger partial charge in [0.05, 0.1) is 26.4 Å². The fraction of sp³-hybridized carbons (Fsp3) is 0.619. The molecular formula is C21H33NO6. The molecule has 0 aliphatic rings. The zero-order chi connectivity index (χ0) is 20.5. The molecule has 0 aliphatic carbocycles. The average molecular weight is 395 g/mol. The first-order chi connectivity index (χ1) is 13.6. The summed E-state index contributed by atoms with van der Waals surface area (Å²) in [6.07, 6.45) is 4.77. The summed E-state index contributed by atoms with van der Waals surface area (Å²) in [4.78, 5) is 22.4. The van der Waals surface area contributed by atoms with Gasteiger partial charge in [-0.15, -0.1) is 0 Å². The summed E-state index contributed by atoms with van der Waals surface area (Å²) in [6, 6.07) is 7.14. The number of hydrogen-bond donors (Lipinski definition) is 1. The van der Waals surface area contributed by atoms with Gasteiger partial charge in [-0.3, -0.25) is 9.59 Å². The van der Waals surface area contributed by atoms with Crippen LogP contribution in [0.3, 0.4) is 0 Å². The van der Waals surface area contributed by atoms with Gasteiger partial charge < -0.3 is 24.3 Å². The van der Waals surface area contributed by atoms with E-state index in [0.717, 1.165) is 31.4 Å². The lowest BCUT2D eigenvalue weighted by Gasteiger charge is -2.09. The van der Waals surface area contributed by atoms with Crippen molar-refractivity contribution in [3.05, 3.63) is 24.3 Å². The number of ether oxygens (including phenoxy) is 4. The number of benzene rings is 1. The summed E-state index contributed by atoms with van der Waals surface area (Å²) in [6.45, 7) is 6.04. The van der Waals surface area contributed by atoms with Gasteiger partial charge in [-0.2, -0.15) is 0 Å². The highest BCUT2D eigenvalue weighted by molar-refractivity contribution is 5.88. The van der Waals surface area contributed by atoms with Crippen LogP contribution >= 0.6 is 0 Å². The van der Waals surface area contributed by atoms with Crippen LogP contribution in [0.15, 0.2) is 24.3 Å². The second kappa shape index (κ2) is 15.9. The van der Waals surface area contributed by atoms with Gasteiger partial charge in [0.15, 0.2) is 0 Å². The van der Waals surface area contributed by atoms with Gasteiger partial charge in [-0.1, -0.05) is 26.2 Å². The molecular weight excluding hydrogens is 362 g/mol. The number of carbonyl (C=O) groups excluding carboxylic acids is 2. The zero-order valence-electron chi connectivity index (χ0n) is 17.0. The highest BCUT2D eigenvalue weighted by Gasteiger charge is 2.02. The number of anilines is 1. The Morgan fingerprint density at radius 1 is 0.857 bits per heavy atom. The number of carbonyl (C=O) groups is 2. The van der Waals surface area contributed by atoms with E-state index in [1.807, 2.05) is 0 Å². The molecule has 1 aromatic carbocycles. The monoisotopic (exact) mass is 395 g/mol. The van der Waals surface area contributed by atoms with Gasteiger partial charge in [-0.25, -0.2) is 0 Å². The second-order valence-corrected chi connectivity index (χ2v) is 6.31. The summed E-state index contributed by atoms with van der Waals surface area (Å²) in [5.41, 5.74) is 0.732. The Kier molecular flexibility index (Phi) is 13.6. The summed E-state index contributed by atoms with van der Waals surface area (Å²) < 4.78 is 21.4. The van der Waals surface area contributed by atoms with E-state index in [9.17, 15) is 9.59 Å². The quantitative estimate of drug-likeness (QED) is 0.340. The molecule has 0 spiro atoms. The van der Waals surface area contributed by atoms with E-state index >= 15 is 0 Å². The third-order valence-corrected chi connectivity index (χ3v) is 3.77. The summed E-state index contributed by atoms with van der Waals surface area (Å²) in [5.74, 6) is 0.452. The predicted molar refractivity (Wildman–Crippen MR) is 108 cm³/mol. The standard InChI is InChI=1S/C21H33NO6/c1-3-4-5-6-7-21(24)28-17-15-26-13-12-25-14-16-27-20-10-8-19(9-11-20)22-18(2)23/h8-11H,3-7,12-17H2,1-2H3,(H,22,23). The Labute approximate surface area is 167 Å². The van der Waals surface area contributed by atoms with Crippen LogP contribution in [0, 0.1) is 0 Å². The molecule has 7 heteroatoms. The van der Waals surface area contributed by atoms with Crippen LogP contribution < -0.4 is 10.1 Å². The van der Waals surface area contributed by atoms with Crippen molar-refractivity contribution in [1.82, 2.24) is 0 Å². The number of unbranched alkanes of at least 4 members (excludes halogenated alkanes) is 3. The molecule has 0 aromatic heterocycles. The minimum Gasteiger partial charge on any atom is -0.491 e. The number of amides is 1. The lowest BCUT2D eigenvalue weighted by atomic mass is 10.2. The minimum atomic E-state index is -0.154. The molecule has 0 saturated heterocycles. The first kappa shape index (κ1) is 23.9. The van der Waals surface area contributed by atoms with Crippen molar-refractivity contribution >= 4 is 17.6 Å². The molecule has 0 saturated carbocycles. The van der Waals surface area contributed by atoms with Crippen molar-refractivity contribution in [2.75, 3.05) is 45.0 Å². The first-order valence-corrected chi connectivity index (χ1v) is 9.93. The summed E-state index contributed by atoms with van der Waals surface area (Å²) in [5, 5.41) is 2.70. The SMILES string of the molecule is CCCCCCC(=O)OCCOCCOCCOc1ccc(NC(C)=O)cc1. The van der Waals surface area contributed by atoms with Gasteiger partial charge >= 0.3 is 5.97 Å². The molecule has 1 amide bonds. The van der Waals surface area contributed by atoms with Crippen LogP contribution in [0.25, 0.3) is 0 Å². The van der Waals surface area contributed by atoms with E-state index in [0.29, 0.717) is 45.2 Å². The molecule has 1 N–H and O–H groups in total. The topological polar surface area (TPSA) is 83.1 Å². The second-order valence-electron chi connectivity index (χ2n) is 6.31.